The molecular formula is C23H26ClN5O3. The minimum atomic E-state index is -0.923. The molecule has 3 aromatic rings. The second-order valence-corrected chi connectivity index (χ2v) is 8.87. The Morgan fingerprint density at radius 1 is 1.28 bits per heavy atom. The highest BCUT2D eigenvalue weighted by Gasteiger charge is 2.27. The van der Waals surface area contributed by atoms with Crippen LogP contribution in [0.25, 0.3) is 22.4 Å². The molecule has 0 saturated carbocycles. The molecular weight excluding hydrogens is 430 g/mol. The van der Waals surface area contributed by atoms with Crippen molar-refractivity contribution in [1.82, 2.24) is 19.4 Å². The van der Waals surface area contributed by atoms with Crippen LogP contribution in [0.5, 0.6) is 0 Å². The second kappa shape index (κ2) is 8.60. The SMILES string of the molecule is C[C@H]1CCCN1c1ccc(-c2nc3c(Cl)cccc3n2C[C@@H]2CN(C(=O)O)CCO2)cn1. The number of pyridine rings is 1. The summed E-state index contributed by atoms with van der Waals surface area (Å²) in [5, 5.41) is 9.96. The molecule has 0 aliphatic carbocycles. The molecule has 168 valence electrons. The number of morpholine rings is 1. The molecule has 0 unspecified atom stereocenters. The Balaban J connectivity index is 1.50. The number of carboxylic acid groups (broad SMARTS) is 1. The van der Waals surface area contributed by atoms with Crippen molar-refractivity contribution in [2.45, 2.75) is 38.5 Å². The van der Waals surface area contributed by atoms with Gasteiger partial charge in [-0.05, 0) is 44.0 Å². The zero-order valence-corrected chi connectivity index (χ0v) is 18.7. The van der Waals surface area contributed by atoms with Crippen LogP contribution in [0.2, 0.25) is 5.02 Å². The van der Waals surface area contributed by atoms with Crippen molar-refractivity contribution in [1.29, 1.82) is 0 Å². The number of carbonyl (C=O) groups is 1. The lowest BCUT2D eigenvalue weighted by Crippen LogP contribution is -2.46. The highest BCUT2D eigenvalue weighted by Crippen LogP contribution is 2.31. The van der Waals surface area contributed by atoms with E-state index in [9.17, 15) is 9.90 Å². The van der Waals surface area contributed by atoms with Gasteiger partial charge in [-0.2, -0.15) is 0 Å². The molecule has 2 aliphatic heterocycles. The molecule has 9 heteroatoms. The van der Waals surface area contributed by atoms with Crippen molar-refractivity contribution in [3.63, 3.8) is 0 Å². The third-order valence-corrected chi connectivity index (χ3v) is 6.68. The minimum Gasteiger partial charge on any atom is -0.465 e. The maximum atomic E-state index is 11.4. The first-order valence-electron chi connectivity index (χ1n) is 11.0. The number of rotatable bonds is 4. The van der Waals surface area contributed by atoms with E-state index in [0.29, 0.717) is 42.8 Å². The number of hydrogen-bond acceptors (Lipinski definition) is 5. The number of aromatic nitrogens is 3. The molecule has 2 aromatic heterocycles. The number of imidazole rings is 1. The van der Waals surface area contributed by atoms with Crippen LogP contribution in [0.3, 0.4) is 0 Å². The molecule has 5 rings (SSSR count). The molecule has 2 atom stereocenters. The Kier molecular flexibility index (Phi) is 5.65. The van der Waals surface area contributed by atoms with E-state index in [0.717, 1.165) is 29.3 Å². The topological polar surface area (TPSA) is 83.7 Å². The van der Waals surface area contributed by atoms with E-state index in [-0.39, 0.29) is 6.10 Å². The zero-order chi connectivity index (χ0) is 22.2. The molecule has 8 nitrogen and oxygen atoms in total. The molecule has 2 fully saturated rings. The number of ether oxygens (including phenoxy) is 1. The predicted molar refractivity (Wildman–Crippen MR) is 123 cm³/mol. The van der Waals surface area contributed by atoms with E-state index < -0.39 is 6.09 Å². The molecule has 0 radical (unpaired) electrons. The third-order valence-electron chi connectivity index (χ3n) is 6.38. The average molecular weight is 456 g/mol. The van der Waals surface area contributed by atoms with Crippen LogP contribution < -0.4 is 4.90 Å². The lowest BCUT2D eigenvalue weighted by atomic mass is 10.2. The maximum absolute atomic E-state index is 11.4. The first-order valence-corrected chi connectivity index (χ1v) is 11.4. The van der Waals surface area contributed by atoms with E-state index in [1.165, 1.54) is 17.7 Å². The van der Waals surface area contributed by atoms with Gasteiger partial charge in [0, 0.05) is 30.9 Å². The van der Waals surface area contributed by atoms with Crippen LogP contribution in [-0.2, 0) is 11.3 Å². The predicted octanol–water partition coefficient (Wildman–Crippen LogP) is 4.12. The van der Waals surface area contributed by atoms with Gasteiger partial charge in [0.2, 0.25) is 0 Å². The normalized spacial score (nSPS) is 21.4. The van der Waals surface area contributed by atoms with Gasteiger partial charge in [0.05, 0.1) is 36.3 Å². The summed E-state index contributed by atoms with van der Waals surface area (Å²) in [5.74, 6) is 1.73. The zero-order valence-electron chi connectivity index (χ0n) is 17.9. The second-order valence-electron chi connectivity index (χ2n) is 8.46. The van der Waals surface area contributed by atoms with E-state index in [2.05, 4.69) is 16.4 Å². The summed E-state index contributed by atoms with van der Waals surface area (Å²) in [7, 11) is 0. The van der Waals surface area contributed by atoms with Gasteiger partial charge in [0.1, 0.15) is 17.2 Å². The Hall–Kier alpha value is -2.84. The fourth-order valence-electron chi connectivity index (χ4n) is 4.69. The number of para-hydroxylation sites is 1. The largest absolute Gasteiger partial charge is 0.465 e. The van der Waals surface area contributed by atoms with Crippen LogP contribution >= 0.6 is 11.6 Å². The molecule has 0 bridgehead atoms. The number of benzene rings is 1. The van der Waals surface area contributed by atoms with Gasteiger partial charge in [0.25, 0.3) is 0 Å². The van der Waals surface area contributed by atoms with E-state index >= 15 is 0 Å². The number of anilines is 1. The van der Waals surface area contributed by atoms with E-state index in [1.807, 2.05) is 36.5 Å². The average Bonchev–Trinajstić information content (AvgIpc) is 3.39. The highest BCUT2D eigenvalue weighted by molar-refractivity contribution is 6.35. The molecule has 2 aliphatic rings. The quantitative estimate of drug-likeness (QED) is 0.637. The standard InChI is InChI=1S/C23H26ClN5O3/c1-15-4-3-9-28(15)20-8-7-16(12-25-20)22-26-21-18(24)5-2-6-19(21)29(22)14-17-13-27(23(30)31)10-11-32-17/h2,5-8,12,15,17H,3-4,9-11,13-14H2,1H3,(H,30,31)/t15-,17-/m0/s1. The summed E-state index contributed by atoms with van der Waals surface area (Å²) >= 11 is 6.45. The van der Waals surface area contributed by atoms with Crippen molar-refractivity contribution < 1.29 is 14.6 Å². The van der Waals surface area contributed by atoms with Gasteiger partial charge in [-0.25, -0.2) is 14.8 Å². The van der Waals surface area contributed by atoms with Gasteiger partial charge in [-0.1, -0.05) is 17.7 Å². The summed E-state index contributed by atoms with van der Waals surface area (Å²) in [5.41, 5.74) is 2.49. The number of amides is 1. The summed E-state index contributed by atoms with van der Waals surface area (Å²) < 4.78 is 7.95. The summed E-state index contributed by atoms with van der Waals surface area (Å²) in [4.78, 5) is 24.7. The van der Waals surface area contributed by atoms with Crippen LogP contribution in [0.4, 0.5) is 10.6 Å². The van der Waals surface area contributed by atoms with Gasteiger partial charge < -0.3 is 24.2 Å². The Bertz CT molecular complexity index is 1130. The smallest absolute Gasteiger partial charge is 0.407 e. The molecule has 32 heavy (non-hydrogen) atoms. The molecule has 1 aromatic carbocycles. The first-order chi connectivity index (χ1) is 15.5. The number of nitrogens with zero attached hydrogens (tertiary/aromatic N) is 5. The monoisotopic (exact) mass is 455 g/mol. The maximum Gasteiger partial charge on any atom is 0.407 e. The summed E-state index contributed by atoms with van der Waals surface area (Å²) in [6.07, 6.45) is 3.04. The van der Waals surface area contributed by atoms with Crippen LogP contribution in [0, 0.1) is 0 Å². The van der Waals surface area contributed by atoms with Gasteiger partial charge >= 0.3 is 6.09 Å². The van der Waals surface area contributed by atoms with Gasteiger partial charge in [0.15, 0.2) is 0 Å². The lowest BCUT2D eigenvalue weighted by Gasteiger charge is -2.31. The van der Waals surface area contributed by atoms with Crippen molar-refractivity contribution in [3.8, 4) is 11.4 Å². The van der Waals surface area contributed by atoms with Crippen molar-refractivity contribution in [3.05, 3.63) is 41.6 Å². The van der Waals surface area contributed by atoms with Gasteiger partial charge in [-0.15, -0.1) is 0 Å². The molecule has 1 amide bonds. The van der Waals surface area contributed by atoms with E-state index in [4.69, 9.17) is 26.3 Å². The first kappa shape index (κ1) is 21.0. The Morgan fingerprint density at radius 2 is 2.16 bits per heavy atom. The molecule has 2 saturated heterocycles. The Labute approximate surface area is 191 Å². The third kappa shape index (κ3) is 3.89. The van der Waals surface area contributed by atoms with Crippen LogP contribution in [0.1, 0.15) is 19.8 Å². The van der Waals surface area contributed by atoms with Crippen molar-refractivity contribution in [2.75, 3.05) is 31.1 Å². The van der Waals surface area contributed by atoms with Crippen LogP contribution in [-0.4, -0.2) is 69.0 Å². The van der Waals surface area contributed by atoms with Crippen molar-refractivity contribution >= 4 is 34.5 Å². The van der Waals surface area contributed by atoms with Gasteiger partial charge in [-0.3, -0.25) is 0 Å². The minimum absolute atomic E-state index is 0.271. The fraction of sp³-hybridized carbons (Fsp3) is 0.435. The lowest BCUT2D eigenvalue weighted by molar-refractivity contribution is -0.0286. The molecule has 0 spiro atoms. The van der Waals surface area contributed by atoms with E-state index in [1.54, 1.807) is 0 Å². The van der Waals surface area contributed by atoms with Crippen molar-refractivity contribution in [2.24, 2.45) is 0 Å². The number of fused-ring (bicyclic) bond motifs is 1. The van der Waals surface area contributed by atoms with Crippen LogP contribution in [0.15, 0.2) is 36.5 Å². The highest BCUT2D eigenvalue weighted by atomic mass is 35.5. The molecule has 1 N–H and O–H groups in total. The summed E-state index contributed by atoms with van der Waals surface area (Å²) in [6.45, 7) is 4.81. The fourth-order valence-corrected chi connectivity index (χ4v) is 4.90. The Morgan fingerprint density at radius 3 is 2.88 bits per heavy atom. The number of hydrogen-bond donors (Lipinski definition) is 1. The summed E-state index contributed by atoms with van der Waals surface area (Å²) in [6, 6.07) is 10.3. The number of halogens is 1. The molecule has 4 heterocycles.